The molecule has 0 saturated carbocycles. The summed E-state index contributed by atoms with van der Waals surface area (Å²) < 4.78 is 7.50. The van der Waals surface area contributed by atoms with Crippen molar-refractivity contribution in [3.05, 3.63) is 66.8 Å². The van der Waals surface area contributed by atoms with Crippen LogP contribution in [0.3, 0.4) is 0 Å². The quantitative estimate of drug-likeness (QED) is 0.482. The van der Waals surface area contributed by atoms with Gasteiger partial charge in [0.25, 0.3) is 0 Å². The van der Waals surface area contributed by atoms with Gasteiger partial charge in [-0.1, -0.05) is 47.6 Å². The number of aromatic nitrogens is 4. The Labute approximate surface area is 186 Å². The van der Waals surface area contributed by atoms with E-state index in [1.807, 2.05) is 71.0 Å². The predicted molar refractivity (Wildman–Crippen MR) is 121 cm³/mol. The van der Waals surface area contributed by atoms with E-state index in [-0.39, 0.29) is 18.0 Å². The monoisotopic (exact) mass is 430 g/mol. The molecule has 1 aliphatic heterocycles. The number of para-hydroxylation sites is 2. The first-order valence-corrected chi connectivity index (χ1v) is 11.0. The van der Waals surface area contributed by atoms with Crippen LogP contribution in [0.2, 0.25) is 0 Å². The maximum absolute atomic E-state index is 13.2. The minimum atomic E-state index is -0.296. The maximum atomic E-state index is 13.2. The van der Waals surface area contributed by atoms with Crippen molar-refractivity contribution in [2.75, 3.05) is 26.2 Å². The molecule has 0 bridgehead atoms. The van der Waals surface area contributed by atoms with Crippen LogP contribution in [0.15, 0.2) is 65.4 Å². The summed E-state index contributed by atoms with van der Waals surface area (Å²) >= 11 is 0. The molecule has 1 amide bonds. The van der Waals surface area contributed by atoms with Crippen molar-refractivity contribution < 1.29 is 9.32 Å². The van der Waals surface area contributed by atoms with Gasteiger partial charge in [-0.25, -0.2) is 4.98 Å². The third kappa shape index (κ3) is 3.78. The second-order valence-electron chi connectivity index (χ2n) is 8.18. The zero-order chi connectivity index (χ0) is 22.1. The van der Waals surface area contributed by atoms with E-state index < -0.39 is 0 Å². The van der Waals surface area contributed by atoms with E-state index in [9.17, 15) is 4.79 Å². The highest BCUT2D eigenvalue weighted by Crippen LogP contribution is 2.25. The summed E-state index contributed by atoms with van der Waals surface area (Å²) in [5.41, 5.74) is 2.82. The second-order valence-corrected chi connectivity index (χ2v) is 8.18. The predicted octanol–water partition coefficient (Wildman–Crippen LogP) is 3.55. The molecule has 164 valence electrons. The normalized spacial score (nSPS) is 16.9. The van der Waals surface area contributed by atoms with Crippen molar-refractivity contribution in [1.82, 2.24) is 29.5 Å². The Hall–Kier alpha value is -3.52. The SMILES string of the molecule is CC(c1nc(-c2ccccc2)no1)N1CCN(C(=O)C(C)n2cnc3ccccc32)CC1. The average molecular weight is 431 g/mol. The zero-order valence-electron chi connectivity index (χ0n) is 18.3. The van der Waals surface area contributed by atoms with Crippen molar-refractivity contribution >= 4 is 16.9 Å². The van der Waals surface area contributed by atoms with Gasteiger partial charge in [0.1, 0.15) is 6.04 Å². The number of hydrogen-bond donors (Lipinski definition) is 0. The highest BCUT2D eigenvalue weighted by molar-refractivity contribution is 5.83. The van der Waals surface area contributed by atoms with E-state index in [4.69, 9.17) is 4.52 Å². The summed E-state index contributed by atoms with van der Waals surface area (Å²) in [6, 6.07) is 17.4. The Bertz CT molecular complexity index is 1210. The number of imidazole rings is 1. The van der Waals surface area contributed by atoms with Crippen molar-refractivity contribution in [2.45, 2.75) is 25.9 Å². The Balaban J connectivity index is 1.22. The molecule has 8 nitrogen and oxygen atoms in total. The smallest absolute Gasteiger partial charge is 0.245 e. The minimum absolute atomic E-state index is 0.00719. The van der Waals surface area contributed by atoms with Crippen LogP contribution in [0, 0.1) is 0 Å². The molecule has 0 N–H and O–H groups in total. The van der Waals surface area contributed by atoms with Gasteiger partial charge in [-0.05, 0) is 26.0 Å². The van der Waals surface area contributed by atoms with E-state index in [0.717, 1.165) is 29.7 Å². The van der Waals surface area contributed by atoms with E-state index in [2.05, 4.69) is 26.9 Å². The number of benzene rings is 2. The number of piperazine rings is 1. The minimum Gasteiger partial charge on any atom is -0.338 e. The summed E-state index contributed by atoms with van der Waals surface area (Å²) in [5, 5.41) is 4.14. The molecule has 4 aromatic rings. The molecule has 0 spiro atoms. The lowest BCUT2D eigenvalue weighted by molar-refractivity contribution is -0.136. The summed E-state index contributed by atoms with van der Waals surface area (Å²) in [6.07, 6.45) is 1.76. The molecule has 1 aliphatic rings. The van der Waals surface area contributed by atoms with Crippen LogP contribution < -0.4 is 0 Å². The zero-order valence-corrected chi connectivity index (χ0v) is 18.3. The number of amides is 1. The second kappa shape index (κ2) is 8.55. The Kier molecular flexibility index (Phi) is 5.45. The molecule has 2 atom stereocenters. The first-order valence-electron chi connectivity index (χ1n) is 11.0. The van der Waals surface area contributed by atoms with Crippen molar-refractivity contribution in [3.63, 3.8) is 0 Å². The van der Waals surface area contributed by atoms with Crippen LogP contribution in [-0.4, -0.2) is 61.6 Å². The third-order valence-electron chi connectivity index (χ3n) is 6.26. The molecular formula is C24H26N6O2. The van der Waals surface area contributed by atoms with Crippen LogP contribution in [0.5, 0.6) is 0 Å². The Morgan fingerprint density at radius 3 is 2.47 bits per heavy atom. The van der Waals surface area contributed by atoms with Gasteiger partial charge in [-0.3, -0.25) is 9.69 Å². The first kappa shape index (κ1) is 20.4. The van der Waals surface area contributed by atoms with Crippen LogP contribution >= 0.6 is 0 Å². The van der Waals surface area contributed by atoms with Gasteiger partial charge in [0, 0.05) is 31.7 Å². The molecule has 2 aromatic carbocycles. The van der Waals surface area contributed by atoms with Crippen molar-refractivity contribution in [2.24, 2.45) is 0 Å². The molecule has 1 fully saturated rings. The summed E-state index contributed by atoms with van der Waals surface area (Å²) in [5.74, 6) is 1.31. The van der Waals surface area contributed by atoms with Crippen molar-refractivity contribution in [3.8, 4) is 11.4 Å². The number of rotatable bonds is 5. The highest BCUT2D eigenvalue weighted by atomic mass is 16.5. The summed E-state index contributed by atoms with van der Waals surface area (Å²) in [7, 11) is 0. The summed E-state index contributed by atoms with van der Waals surface area (Å²) in [6.45, 7) is 6.86. The lowest BCUT2D eigenvalue weighted by Gasteiger charge is -2.37. The first-order chi connectivity index (χ1) is 15.6. The Morgan fingerprint density at radius 1 is 0.969 bits per heavy atom. The fourth-order valence-electron chi connectivity index (χ4n) is 4.27. The van der Waals surface area contributed by atoms with Crippen LogP contribution in [-0.2, 0) is 4.79 Å². The fourth-order valence-corrected chi connectivity index (χ4v) is 4.27. The number of carbonyl (C=O) groups is 1. The fraction of sp³-hybridized carbons (Fsp3) is 0.333. The lowest BCUT2D eigenvalue weighted by atomic mass is 10.2. The maximum Gasteiger partial charge on any atom is 0.245 e. The number of hydrogen-bond acceptors (Lipinski definition) is 6. The summed E-state index contributed by atoms with van der Waals surface area (Å²) in [4.78, 5) is 26.4. The van der Waals surface area contributed by atoms with Gasteiger partial charge < -0.3 is 14.0 Å². The molecule has 1 saturated heterocycles. The van der Waals surface area contributed by atoms with E-state index in [0.29, 0.717) is 24.8 Å². The molecule has 8 heteroatoms. The average Bonchev–Trinajstić information content (AvgIpc) is 3.51. The topological polar surface area (TPSA) is 80.3 Å². The Morgan fingerprint density at radius 2 is 1.69 bits per heavy atom. The largest absolute Gasteiger partial charge is 0.338 e. The number of fused-ring (bicyclic) bond motifs is 1. The van der Waals surface area contributed by atoms with Gasteiger partial charge in [-0.2, -0.15) is 4.98 Å². The van der Waals surface area contributed by atoms with Gasteiger partial charge in [-0.15, -0.1) is 0 Å². The molecular weight excluding hydrogens is 404 g/mol. The molecule has 3 heterocycles. The molecule has 32 heavy (non-hydrogen) atoms. The van der Waals surface area contributed by atoms with Crippen LogP contribution in [0.4, 0.5) is 0 Å². The molecule has 0 radical (unpaired) electrons. The molecule has 5 rings (SSSR count). The van der Waals surface area contributed by atoms with Crippen molar-refractivity contribution in [1.29, 1.82) is 0 Å². The van der Waals surface area contributed by atoms with Gasteiger partial charge in [0.2, 0.25) is 17.6 Å². The molecule has 2 unspecified atom stereocenters. The highest BCUT2D eigenvalue weighted by Gasteiger charge is 2.30. The van der Waals surface area contributed by atoms with Crippen LogP contribution in [0.1, 0.15) is 31.8 Å². The molecule has 2 aromatic heterocycles. The standard InChI is InChI=1S/C24H26N6O2/c1-17(23-26-22(27-32-23)19-8-4-3-5-9-19)28-12-14-29(15-13-28)24(31)18(2)30-16-25-20-10-6-7-11-21(20)30/h3-11,16-18H,12-15H2,1-2H3. The lowest BCUT2D eigenvalue weighted by Crippen LogP contribution is -2.50. The van der Waals surface area contributed by atoms with E-state index in [1.165, 1.54) is 0 Å². The number of nitrogens with zero attached hydrogens (tertiary/aromatic N) is 6. The van der Waals surface area contributed by atoms with Gasteiger partial charge >= 0.3 is 0 Å². The van der Waals surface area contributed by atoms with Crippen LogP contribution in [0.25, 0.3) is 22.4 Å². The van der Waals surface area contributed by atoms with Gasteiger partial charge in [0.05, 0.1) is 23.4 Å². The van der Waals surface area contributed by atoms with Gasteiger partial charge in [0.15, 0.2) is 0 Å². The molecule has 0 aliphatic carbocycles. The number of carbonyl (C=O) groups excluding carboxylic acids is 1. The van der Waals surface area contributed by atoms with E-state index in [1.54, 1.807) is 6.33 Å². The van der Waals surface area contributed by atoms with E-state index >= 15 is 0 Å². The third-order valence-corrected chi connectivity index (χ3v) is 6.26.